The molecule has 0 aromatic carbocycles. The van der Waals surface area contributed by atoms with Crippen molar-refractivity contribution in [1.82, 2.24) is 15.1 Å². The van der Waals surface area contributed by atoms with Gasteiger partial charge in [-0.15, -0.1) is 0 Å². The van der Waals surface area contributed by atoms with Crippen molar-refractivity contribution < 1.29 is 4.79 Å². The molecule has 0 spiro atoms. The molecule has 0 fully saturated rings. The fourth-order valence-corrected chi connectivity index (χ4v) is 1.77. The summed E-state index contributed by atoms with van der Waals surface area (Å²) in [7, 11) is 3.59. The highest BCUT2D eigenvalue weighted by atomic mass is 16.2. The zero-order chi connectivity index (χ0) is 10.1. The number of hydrogen-bond donors (Lipinski definition) is 1. The topological polar surface area (TPSA) is 50.2 Å². The van der Waals surface area contributed by atoms with E-state index in [4.69, 9.17) is 0 Å². The molecule has 2 heterocycles. The molecular weight excluding hydrogens is 180 g/mol. The number of hydrogen-bond acceptors (Lipinski definition) is 3. The van der Waals surface area contributed by atoms with Gasteiger partial charge < -0.3 is 5.32 Å². The van der Waals surface area contributed by atoms with Crippen molar-refractivity contribution in [2.45, 2.75) is 19.0 Å². The molecule has 5 heteroatoms. The van der Waals surface area contributed by atoms with Gasteiger partial charge in [-0.2, -0.15) is 5.10 Å². The Morgan fingerprint density at radius 1 is 1.64 bits per heavy atom. The standard InChI is InChI=1S/C9H14N4O/c1-10-7-4-6-13-8(3-5-11-13)12(2)9(7)14/h3,5,7,10H,4,6H2,1-2H3. The fourth-order valence-electron chi connectivity index (χ4n) is 1.77. The summed E-state index contributed by atoms with van der Waals surface area (Å²) in [4.78, 5) is 13.5. The molecule has 1 atom stereocenters. The Bertz CT molecular complexity index is 346. The van der Waals surface area contributed by atoms with E-state index in [1.165, 1.54) is 0 Å². The molecular formula is C9H14N4O. The van der Waals surface area contributed by atoms with Crippen LogP contribution in [-0.4, -0.2) is 35.8 Å². The lowest BCUT2D eigenvalue weighted by Gasteiger charge is -2.18. The van der Waals surface area contributed by atoms with Gasteiger partial charge in [0.05, 0.1) is 12.2 Å². The van der Waals surface area contributed by atoms with E-state index >= 15 is 0 Å². The Labute approximate surface area is 82.7 Å². The summed E-state index contributed by atoms with van der Waals surface area (Å²) in [6, 6.07) is 1.76. The average Bonchev–Trinajstić information content (AvgIpc) is 2.61. The van der Waals surface area contributed by atoms with Crippen LogP contribution in [0.3, 0.4) is 0 Å². The number of amides is 1. The number of carbonyl (C=O) groups is 1. The first-order valence-electron chi connectivity index (χ1n) is 4.70. The number of nitrogens with one attached hydrogen (secondary N) is 1. The molecule has 76 valence electrons. The lowest BCUT2D eigenvalue weighted by molar-refractivity contribution is -0.120. The number of nitrogens with zero attached hydrogens (tertiary/aromatic N) is 3. The van der Waals surface area contributed by atoms with Crippen LogP contribution in [-0.2, 0) is 11.3 Å². The first kappa shape index (κ1) is 9.21. The Kier molecular flexibility index (Phi) is 2.25. The molecule has 1 aliphatic heterocycles. The number of fused-ring (bicyclic) bond motifs is 1. The molecule has 1 aromatic heterocycles. The first-order valence-corrected chi connectivity index (χ1v) is 4.70. The minimum atomic E-state index is -0.0956. The molecule has 0 aliphatic carbocycles. The Balaban J connectivity index is 2.33. The molecule has 14 heavy (non-hydrogen) atoms. The van der Waals surface area contributed by atoms with Crippen molar-refractivity contribution in [3.8, 4) is 0 Å². The van der Waals surface area contributed by atoms with E-state index in [0.717, 1.165) is 18.8 Å². The van der Waals surface area contributed by atoms with Crippen LogP contribution in [0.2, 0.25) is 0 Å². The molecule has 1 aromatic rings. The van der Waals surface area contributed by atoms with Gasteiger partial charge in [-0.1, -0.05) is 0 Å². The summed E-state index contributed by atoms with van der Waals surface area (Å²) in [6.07, 6.45) is 2.51. The van der Waals surface area contributed by atoms with Crippen LogP contribution in [0.5, 0.6) is 0 Å². The van der Waals surface area contributed by atoms with Crippen LogP contribution >= 0.6 is 0 Å². The Morgan fingerprint density at radius 3 is 3.14 bits per heavy atom. The van der Waals surface area contributed by atoms with E-state index in [1.807, 2.05) is 17.8 Å². The van der Waals surface area contributed by atoms with Gasteiger partial charge in [0.15, 0.2) is 0 Å². The third kappa shape index (κ3) is 1.29. The third-order valence-corrected chi connectivity index (χ3v) is 2.64. The minimum Gasteiger partial charge on any atom is -0.309 e. The maximum atomic E-state index is 11.9. The molecule has 0 saturated heterocycles. The van der Waals surface area contributed by atoms with Crippen molar-refractivity contribution in [1.29, 1.82) is 0 Å². The van der Waals surface area contributed by atoms with E-state index in [2.05, 4.69) is 10.4 Å². The molecule has 1 aliphatic rings. The number of rotatable bonds is 1. The zero-order valence-corrected chi connectivity index (χ0v) is 8.40. The molecule has 0 bridgehead atoms. The van der Waals surface area contributed by atoms with Gasteiger partial charge in [-0.05, 0) is 13.5 Å². The van der Waals surface area contributed by atoms with E-state index in [9.17, 15) is 4.79 Å². The van der Waals surface area contributed by atoms with Crippen molar-refractivity contribution in [2.75, 3.05) is 19.0 Å². The van der Waals surface area contributed by atoms with Crippen LogP contribution in [0, 0.1) is 0 Å². The second-order valence-electron chi connectivity index (χ2n) is 3.44. The predicted octanol–water partition coefficient (Wildman–Crippen LogP) is -0.162. The molecule has 0 radical (unpaired) electrons. The quantitative estimate of drug-likeness (QED) is 0.675. The minimum absolute atomic E-state index is 0.0956. The number of carbonyl (C=O) groups excluding carboxylic acids is 1. The van der Waals surface area contributed by atoms with Gasteiger partial charge >= 0.3 is 0 Å². The zero-order valence-electron chi connectivity index (χ0n) is 8.40. The molecule has 1 N–H and O–H groups in total. The third-order valence-electron chi connectivity index (χ3n) is 2.64. The maximum absolute atomic E-state index is 11.9. The van der Waals surface area contributed by atoms with Gasteiger partial charge in [0.25, 0.3) is 0 Å². The van der Waals surface area contributed by atoms with Crippen LogP contribution in [0.4, 0.5) is 5.82 Å². The maximum Gasteiger partial charge on any atom is 0.245 e. The highest BCUT2D eigenvalue weighted by Crippen LogP contribution is 2.18. The van der Waals surface area contributed by atoms with Crippen molar-refractivity contribution in [3.63, 3.8) is 0 Å². The number of anilines is 1. The molecule has 2 rings (SSSR count). The Hall–Kier alpha value is -1.36. The Morgan fingerprint density at radius 2 is 2.43 bits per heavy atom. The number of aryl methyl sites for hydroxylation is 1. The lowest BCUT2D eigenvalue weighted by Crippen LogP contribution is -2.42. The smallest absolute Gasteiger partial charge is 0.245 e. The van der Waals surface area contributed by atoms with Gasteiger partial charge in [0.2, 0.25) is 5.91 Å². The summed E-state index contributed by atoms with van der Waals surface area (Å²) in [5, 5.41) is 7.18. The van der Waals surface area contributed by atoms with Crippen molar-refractivity contribution in [3.05, 3.63) is 12.3 Å². The van der Waals surface area contributed by atoms with E-state index in [0.29, 0.717) is 0 Å². The largest absolute Gasteiger partial charge is 0.309 e. The number of likely N-dealkylation sites (N-methyl/N-ethyl adjacent to an activating group) is 2. The summed E-state index contributed by atoms with van der Waals surface area (Å²) >= 11 is 0. The summed E-state index contributed by atoms with van der Waals surface area (Å²) < 4.78 is 1.86. The lowest BCUT2D eigenvalue weighted by atomic mass is 10.2. The summed E-state index contributed by atoms with van der Waals surface area (Å²) in [5.74, 6) is 0.972. The highest BCUT2D eigenvalue weighted by molar-refractivity contribution is 5.96. The normalized spacial score (nSPS) is 22.0. The predicted molar refractivity (Wildman–Crippen MR) is 53.1 cm³/mol. The number of aromatic nitrogens is 2. The molecule has 1 unspecified atom stereocenters. The highest BCUT2D eigenvalue weighted by Gasteiger charge is 2.26. The first-order chi connectivity index (χ1) is 6.74. The SMILES string of the molecule is CNC1CCn2nccc2N(C)C1=O. The van der Waals surface area contributed by atoms with Gasteiger partial charge in [0.1, 0.15) is 5.82 Å². The van der Waals surface area contributed by atoms with Gasteiger partial charge in [-0.3, -0.25) is 9.69 Å². The average molecular weight is 194 g/mol. The summed E-state index contributed by atoms with van der Waals surface area (Å²) in [6.45, 7) is 0.782. The van der Waals surface area contributed by atoms with Crippen molar-refractivity contribution >= 4 is 11.7 Å². The van der Waals surface area contributed by atoms with Crippen LogP contribution < -0.4 is 10.2 Å². The van der Waals surface area contributed by atoms with Gasteiger partial charge in [-0.25, -0.2) is 4.68 Å². The second-order valence-corrected chi connectivity index (χ2v) is 3.44. The van der Waals surface area contributed by atoms with Crippen molar-refractivity contribution in [2.24, 2.45) is 0 Å². The van der Waals surface area contributed by atoms with Gasteiger partial charge in [0, 0.05) is 19.7 Å². The molecule has 5 nitrogen and oxygen atoms in total. The van der Waals surface area contributed by atoms with Crippen LogP contribution in [0.25, 0.3) is 0 Å². The fraction of sp³-hybridized carbons (Fsp3) is 0.556. The van der Waals surface area contributed by atoms with Crippen LogP contribution in [0.1, 0.15) is 6.42 Å². The molecule has 0 saturated carbocycles. The van der Waals surface area contributed by atoms with Crippen LogP contribution in [0.15, 0.2) is 12.3 Å². The molecule has 1 amide bonds. The second kappa shape index (κ2) is 3.42. The van der Waals surface area contributed by atoms with E-state index in [1.54, 1.807) is 18.1 Å². The van der Waals surface area contributed by atoms with E-state index in [-0.39, 0.29) is 11.9 Å². The monoisotopic (exact) mass is 194 g/mol. The summed E-state index contributed by atoms with van der Waals surface area (Å²) in [5.41, 5.74) is 0. The van der Waals surface area contributed by atoms with E-state index < -0.39 is 0 Å².